The summed E-state index contributed by atoms with van der Waals surface area (Å²) in [4.78, 5) is 135. The van der Waals surface area contributed by atoms with Crippen molar-refractivity contribution in [1.82, 2.24) is 37.9 Å². The molecule has 0 bridgehead atoms. The number of nitrogen functional groups attached to an aromatic ring is 1. The molecular formula is C71H83N11O16. The molecule has 0 unspecified atom stereocenters. The van der Waals surface area contributed by atoms with E-state index in [0.29, 0.717) is 47.7 Å². The van der Waals surface area contributed by atoms with Gasteiger partial charge >= 0.3 is 30.1 Å². The van der Waals surface area contributed by atoms with E-state index in [2.05, 4.69) is 20.1 Å². The van der Waals surface area contributed by atoms with E-state index in [4.69, 9.17) is 20.3 Å². The first-order valence-corrected chi connectivity index (χ1v) is 31.9. The Bertz CT molecular complexity index is 4190. The molecule has 5 aromatic carbocycles. The molecule has 98 heavy (non-hydrogen) atoms. The summed E-state index contributed by atoms with van der Waals surface area (Å²) in [6.45, 7) is 3.39. The maximum Gasteiger partial charge on any atom is 0.412 e. The predicted molar refractivity (Wildman–Crippen MR) is 365 cm³/mol. The van der Waals surface area contributed by atoms with Crippen molar-refractivity contribution in [2.24, 2.45) is 21.1 Å². The lowest BCUT2D eigenvalue weighted by Gasteiger charge is -2.16. The summed E-state index contributed by atoms with van der Waals surface area (Å²) in [6.07, 6.45) is 3.80. The lowest BCUT2D eigenvalue weighted by Crippen LogP contribution is -2.28. The van der Waals surface area contributed by atoms with Gasteiger partial charge in [0.05, 0.1) is 61.2 Å². The summed E-state index contributed by atoms with van der Waals surface area (Å²) in [5, 5.41) is 14.2. The van der Waals surface area contributed by atoms with Crippen LogP contribution in [0.2, 0.25) is 0 Å². The molecule has 27 heteroatoms. The van der Waals surface area contributed by atoms with Crippen LogP contribution in [0.1, 0.15) is 92.4 Å². The van der Waals surface area contributed by atoms with Crippen molar-refractivity contribution in [1.29, 1.82) is 0 Å². The van der Waals surface area contributed by atoms with Gasteiger partial charge in [-0.2, -0.15) is 0 Å². The van der Waals surface area contributed by atoms with Crippen LogP contribution in [0, 0.1) is 0 Å². The fourth-order valence-electron chi connectivity index (χ4n) is 11.0. The number of para-hydroxylation sites is 3. The van der Waals surface area contributed by atoms with Gasteiger partial charge in [0.2, 0.25) is 11.8 Å². The quantitative estimate of drug-likeness (QED) is 0.0269. The van der Waals surface area contributed by atoms with Gasteiger partial charge in [-0.3, -0.25) is 67.8 Å². The number of likely N-dealkylation sites (tertiary alicyclic amines) is 2. The zero-order valence-electron chi connectivity index (χ0n) is 55.6. The van der Waals surface area contributed by atoms with Crippen molar-refractivity contribution in [3.8, 4) is 17.1 Å². The average Bonchev–Trinajstić information content (AvgIpc) is 1.65. The monoisotopic (exact) mass is 1350 g/mol. The second-order valence-electron chi connectivity index (χ2n) is 22.7. The molecule has 3 aromatic heterocycles. The molecule has 0 aliphatic carbocycles. The van der Waals surface area contributed by atoms with Crippen LogP contribution in [0.4, 0.5) is 26.7 Å². The summed E-state index contributed by atoms with van der Waals surface area (Å²) >= 11 is 0. The van der Waals surface area contributed by atoms with Crippen molar-refractivity contribution < 1.29 is 62.4 Å². The molecule has 518 valence electrons. The molecule has 8 aromatic rings. The highest BCUT2D eigenvalue weighted by molar-refractivity contribution is 5.96. The molecule has 2 aliphatic rings. The first-order valence-electron chi connectivity index (χ1n) is 31.9. The number of nitrogens with one attached hydrogen (secondary N) is 2. The number of ether oxygens (including phenoxy) is 4. The largest absolute Gasteiger partial charge is 0.481 e. The van der Waals surface area contributed by atoms with E-state index < -0.39 is 35.7 Å². The number of anilines is 3. The number of aliphatic carboxylic acids is 1. The van der Waals surface area contributed by atoms with E-state index in [1.807, 2.05) is 137 Å². The van der Waals surface area contributed by atoms with Crippen LogP contribution in [0.5, 0.6) is 0 Å². The van der Waals surface area contributed by atoms with Gasteiger partial charge in [0.25, 0.3) is 16.7 Å². The van der Waals surface area contributed by atoms with Gasteiger partial charge in [-0.15, -0.1) is 0 Å². The Hall–Kier alpha value is -11.5. The van der Waals surface area contributed by atoms with Crippen LogP contribution in [0.15, 0.2) is 166 Å². The number of carbonyl (C=O) groups excluding carboxylic acids is 7. The third kappa shape index (κ3) is 20.7. The minimum Gasteiger partial charge on any atom is -0.481 e. The standard InChI is InChI=1S/C25H28N4O4.C21H21N3O5.C17H22N4O2.C8H12O5/c1-27-21(14-15-22(30)28-16-8-9-17-28)23(24(31)29(27)20-12-6-3-7-13-20)26-25(32)33-18-19-10-4-2-5-11-19;1-23-17(12-13-18(25)26)19(20(27)24(23)16-10-6-3-7-11-16)22-21(28)29-14-15-8-4-2-5-9-15;1-19-14(9-10-15(22)20-11-5-6-12-20)16(18)17(23)21(19)13-7-3-2-4-8-13;1-12-7(10)4-3-6(9)5-8(11)13-2/h2-7,10-13H,8-9,14-18H2,1H3,(H,26,32);2-11H,12-14H2,1H3,(H,22,28)(H,25,26);2-4,7-8H,5-6,9-12,18H2,1H3;3-5H2,1-2H3. The van der Waals surface area contributed by atoms with Crippen LogP contribution in [-0.4, -0.2) is 131 Å². The number of Topliss-reactive ketones (excluding diaryl/α,β-unsaturated/α-hetero) is 1. The third-order valence-electron chi connectivity index (χ3n) is 16.1. The first-order chi connectivity index (χ1) is 47.2. The van der Waals surface area contributed by atoms with Gasteiger partial charge in [-0.1, -0.05) is 115 Å². The summed E-state index contributed by atoms with van der Waals surface area (Å²) in [6, 6.07) is 45.9. The average molecular weight is 1350 g/mol. The van der Waals surface area contributed by atoms with Gasteiger partial charge in [-0.25, -0.2) is 23.6 Å². The minimum absolute atomic E-state index is 0.00628. The summed E-state index contributed by atoms with van der Waals surface area (Å²) in [5.41, 5.74) is 10.7. The van der Waals surface area contributed by atoms with Crippen LogP contribution in [0.3, 0.4) is 0 Å². The highest BCUT2D eigenvalue weighted by atomic mass is 16.6. The summed E-state index contributed by atoms with van der Waals surface area (Å²) in [7, 11) is 7.65. The minimum atomic E-state index is -0.998. The number of carbonyl (C=O) groups is 8. The molecule has 0 radical (unpaired) electrons. The summed E-state index contributed by atoms with van der Waals surface area (Å²) in [5.74, 6) is -2.17. The van der Waals surface area contributed by atoms with Gasteiger partial charge < -0.3 is 39.6 Å². The number of nitrogens with two attached hydrogens (primary N) is 1. The fraction of sp³-hybridized carbons (Fsp3) is 0.338. The zero-order valence-corrected chi connectivity index (χ0v) is 55.6. The maximum atomic E-state index is 13.3. The number of hydrogen-bond acceptors (Lipinski definition) is 16. The normalized spacial score (nSPS) is 12.1. The number of methoxy groups -OCH3 is 2. The van der Waals surface area contributed by atoms with Crippen LogP contribution in [0.25, 0.3) is 17.1 Å². The topological polar surface area (TPSA) is 331 Å². The number of nitrogens with zero attached hydrogens (tertiary/aromatic N) is 8. The second kappa shape index (κ2) is 37.0. The Balaban J connectivity index is 0.000000192. The molecule has 10 rings (SSSR count). The second-order valence-corrected chi connectivity index (χ2v) is 22.7. The van der Waals surface area contributed by atoms with Gasteiger partial charge in [0.15, 0.2) is 0 Å². The van der Waals surface area contributed by atoms with Crippen molar-refractivity contribution in [2.75, 3.05) is 56.8 Å². The van der Waals surface area contributed by atoms with Gasteiger partial charge in [0.1, 0.15) is 42.5 Å². The molecule has 2 aliphatic heterocycles. The summed E-state index contributed by atoms with van der Waals surface area (Å²) < 4.78 is 28.5. The van der Waals surface area contributed by atoms with Crippen LogP contribution in [-0.2, 0) is 101 Å². The lowest BCUT2D eigenvalue weighted by atomic mass is 10.2. The molecule has 4 amide bonds. The molecule has 2 fully saturated rings. The first kappa shape index (κ1) is 73.9. The van der Waals surface area contributed by atoms with Crippen molar-refractivity contribution in [2.45, 2.75) is 96.7 Å². The van der Waals surface area contributed by atoms with Crippen LogP contribution < -0.4 is 33.0 Å². The molecular weight excluding hydrogens is 1260 g/mol. The smallest absolute Gasteiger partial charge is 0.412 e. The Morgan fingerprint density at radius 2 is 0.776 bits per heavy atom. The number of amides is 4. The maximum absolute atomic E-state index is 13.3. The number of aromatic nitrogens is 6. The Morgan fingerprint density at radius 1 is 0.439 bits per heavy atom. The molecule has 0 spiro atoms. The molecule has 0 atom stereocenters. The molecule has 0 saturated carbocycles. The highest BCUT2D eigenvalue weighted by Gasteiger charge is 2.27. The zero-order chi connectivity index (χ0) is 70.7. The van der Waals surface area contributed by atoms with E-state index in [-0.39, 0.29) is 97.5 Å². The Kier molecular flexibility index (Phi) is 27.9. The number of esters is 2. The van der Waals surface area contributed by atoms with Crippen LogP contribution >= 0.6 is 0 Å². The van der Waals surface area contributed by atoms with Gasteiger partial charge in [-0.05, 0) is 73.2 Å². The Labute approximate surface area is 565 Å². The molecule has 5 N–H and O–H groups in total. The van der Waals surface area contributed by atoms with Gasteiger partial charge in [0, 0.05) is 85.8 Å². The van der Waals surface area contributed by atoms with Crippen molar-refractivity contribution >= 4 is 64.8 Å². The van der Waals surface area contributed by atoms with E-state index in [1.54, 1.807) is 64.1 Å². The van der Waals surface area contributed by atoms with E-state index in [0.717, 1.165) is 68.7 Å². The predicted octanol–water partition coefficient (Wildman–Crippen LogP) is 7.81. The number of carboxylic acid groups (broad SMARTS) is 1. The van der Waals surface area contributed by atoms with E-state index in [9.17, 15) is 52.7 Å². The Morgan fingerprint density at radius 3 is 1.14 bits per heavy atom. The number of ketones is 1. The number of carboxylic acids is 1. The molecule has 5 heterocycles. The molecule has 27 nitrogen and oxygen atoms in total. The van der Waals surface area contributed by atoms with E-state index in [1.165, 1.54) is 23.6 Å². The number of benzene rings is 5. The fourth-order valence-corrected chi connectivity index (χ4v) is 11.0. The highest BCUT2D eigenvalue weighted by Crippen LogP contribution is 2.22. The number of hydrogen-bond donors (Lipinski definition) is 4. The number of rotatable bonds is 23. The lowest BCUT2D eigenvalue weighted by molar-refractivity contribution is -0.146. The van der Waals surface area contributed by atoms with Crippen molar-refractivity contribution in [3.63, 3.8) is 0 Å². The molecule has 2 saturated heterocycles. The SMILES string of the molecule is COC(=O)CCC(=O)CC(=O)OC.Cn1c(CCC(=O)N2CCCC2)c(N)c(=O)n1-c1ccccc1.Cn1c(CCC(=O)N2CCCC2)c(NC(=O)OCc2ccccc2)c(=O)n1-c1ccccc1.Cn1c(CCC(=O)O)c(NC(=O)OCc2ccccc2)c(=O)n1-c1ccccc1. The van der Waals surface area contributed by atoms with E-state index >= 15 is 0 Å². The third-order valence-corrected chi connectivity index (χ3v) is 16.1. The van der Waals surface area contributed by atoms with Crippen molar-refractivity contribution in [3.05, 3.63) is 211 Å².